The first-order valence-corrected chi connectivity index (χ1v) is 9.72. The highest BCUT2D eigenvalue weighted by molar-refractivity contribution is 6.32. The predicted molar refractivity (Wildman–Crippen MR) is 118 cm³/mol. The number of primary amides is 1. The number of benzene rings is 1. The largest absolute Gasteiger partial charge is 0.465 e. The van der Waals surface area contributed by atoms with E-state index in [2.05, 4.69) is 10.6 Å². The molecule has 1 aromatic heterocycles. The van der Waals surface area contributed by atoms with Gasteiger partial charge in [-0.2, -0.15) is 0 Å². The summed E-state index contributed by atoms with van der Waals surface area (Å²) in [5, 5.41) is 6.08. The number of nitrogens with zero attached hydrogens (tertiary/aromatic N) is 1. The molecule has 2 aromatic carbocycles. The van der Waals surface area contributed by atoms with Gasteiger partial charge in [0.1, 0.15) is 22.9 Å². The molecule has 4 N–H and O–H groups in total. The third-order valence-corrected chi connectivity index (χ3v) is 5.03. The Kier molecular flexibility index (Phi) is 6.57. The topological polar surface area (TPSA) is 135 Å². The van der Waals surface area contributed by atoms with Gasteiger partial charge < -0.3 is 20.8 Å². The van der Waals surface area contributed by atoms with Crippen LogP contribution < -0.4 is 27.2 Å². The van der Waals surface area contributed by atoms with Crippen molar-refractivity contribution in [3.63, 3.8) is 0 Å². The lowest BCUT2D eigenvalue weighted by atomic mass is 10.0. The molecular formula is C21H21ClN4O5. The van der Waals surface area contributed by atoms with E-state index in [0.29, 0.717) is 28.3 Å². The van der Waals surface area contributed by atoms with Crippen LogP contribution in [0.15, 0.2) is 38.3 Å². The molecule has 0 radical (unpaired) electrons. The van der Waals surface area contributed by atoms with Gasteiger partial charge in [0.2, 0.25) is 5.91 Å². The molecule has 0 aliphatic carbocycles. The Morgan fingerprint density at radius 3 is 2.52 bits per heavy atom. The molecule has 9 nitrogen and oxygen atoms in total. The number of nitrogens with two attached hydrogens (primary N) is 1. The molecule has 3 aromatic rings. The van der Waals surface area contributed by atoms with Gasteiger partial charge in [0.15, 0.2) is 6.29 Å². The summed E-state index contributed by atoms with van der Waals surface area (Å²) in [6, 6.07) is 6.66. The number of carbonyl (C=O) groups is 2. The SMILES string of the molecule is Cc1ccc(CNc2c(Nc3ccc(Cl)c(CN(C)CC(N)=O)c3C=O)c(=O)c2=O)o1. The van der Waals surface area contributed by atoms with Crippen molar-refractivity contribution in [2.45, 2.75) is 20.0 Å². The van der Waals surface area contributed by atoms with Crippen molar-refractivity contribution in [2.24, 2.45) is 5.73 Å². The van der Waals surface area contributed by atoms with Gasteiger partial charge in [-0.05, 0) is 43.8 Å². The number of rotatable bonds is 10. The van der Waals surface area contributed by atoms with Gasteiger partial charge in [0.05, 0.1) is 13.1 Å². The summed E-state index contributed by atoms with van der Waals surface area (Å²) in [5.41, 5.74) is 5.00. The van der Waals surface area contributed by atoms with E-state index >= 15 is 0 Å². The van der Waals surface area contributed by atoms with Crippen LogP contribution in [0, 0.1) is 6.92 Å². The molecule has 1 amide bonds. The number of halogens is 1. The monoisotopic (exact) mass is 444 g/mol. The second kappa shape index (κ2) is 9.15. The van der Waals surface area contributed by atoms with E-state index in [9.17, 15) is 19.2 Å². The second-order valence-electron chi connectivity index (χ2n) is 7.14. The number of likely N-dealkylation sites (N-methyl/N-ethyl adjacent to an activating group) is 1. The van der Waals surface area contributed by atoms with E-state index in [4.69, 9.17) is 21.8 Å². The van der Waals surface area contributed by atoms with E-state index in [1.807, 2.05) is 0 Å². The summed E-state index contributed by atoms with van der Waals surface area (Å²) in [4.78, 5) is 48.7. The second-order valence-corrected chi connectivity index (χ2v) is 7.55. The number of nitrogens with one attached hydrogen (secondary N) is 2. The highest BCUT2D eigenvalue weighted by atomic mass is 35.5. The molecule has 0 atom stereocenters. The summed E-state index contributed by atoms with van der Waals surface area (Å²) in [5.74, 6) is 0.814. The molecule has 31 heavy (non-hydrogen) atoms. The Balaban J connectivity index is 1.86. The third-order valence-electron chi connectivity index (χ3n) is 4.68. The van der Waals surface area contributed by atoms with Crippen LogP contribution >= 0.6 is 11.6 Å². The Morgan fingerprint density at radius 2 is 1.90 bits per heavy atom. The smallest absolute Gasteiger partial charge is 0.253 e. The van der Waals surface area contributed by atoms with Crippen LogP contribution in [0.2, 0.25) is 5.02 Å². The first kappa shape index (κ1) is 22.3. The zero-order valence-electron chi connectivity index (χ0n) is 17.0. The molecule has 1 heterocycles. The lowest BCUT2D eigenvalue weighted by molar-refractivity contribution is -0.118. The van der Waals surface area contributed by atoms with Crippen molar-refractivity contribution < 1.29 is 14.0 Å². The minimum atomic E-state index is -0.697. The average molecular weight is 445 g/mol. The summed E-state index contributed by atoms with van der Waals surface area (Å²) < 4.78 is 5.45. The van der Waals surface area contributed by atoms with Gasteiger partial charge in [-0.1, -0.05) is 11.6 Å². The minimum absolute atomic E-state index is 0.0231. The fourth-order valence-electron chi connectivity index (χ4n) is 3.20. The number of amides is 1. The normalized spacial score (nSPS) is 11.1. The maximum Gasteiger partial charge on any atom is 0.253 e. The molecule has 0 bridgehead atoms. The van der Waals surface area contributed by atoms with E-state index in [0.717, 1.165) is 5.76 Å². The summed E-state index contributed by atoms with van der Waals surface area (Å²) in [6.45, 7) is 2.18. The number of carbonyl (C=O) groups excluding carboxylic acids is 2. The molecule has 0 aliphatic rings. The predicted octanol–water partition coefficient (Wildman–Crippen LogP) is 1.92. The van der Waals surface area contributed by atoms with Crippen molar-refractivity contribution in [3.05, 3.63) is 72.4 Å². The van der Waals surface area contributed by atoms with Crippen LogP contribution in [-0.4, -0.2) is 30.7 Å². The number of aryl methyl sites for hydroxylation is 1. The number of anilines is 3. The minimum Gasteiger partial charge on any atom is -0.465 e. The molecule has 3 rings (SSSR count). The highest BCUT2D eigenvalue weighted by Crippen LogP contribution is 2.30. The molecule has 0 fully saturated rings. The van der Waals surface area contributed by atoms with Crippen LogP contribution in [0.1, 0.15) is 27.4 Å². The van der Waals surface area contributed by atoms with E-state index < -0.39 is 16.8 Å². The molecule has 10 heteroatoms. The number of furan rings is 1. The Hall–Kier alpha value is -3.43. The van der Waals surface area contributed by atoms with E-state index in [-0.39, 0.29) is 36.6 Å². The highest BCUT2D eigenvalue weighted by Gasteiger charge is 2.23. The number of aldehydes is 1. The molecule has 162 valence electrons. The van der Waals surface area contributed by atoms with Crippen molar-refractivity contribution in [1.29, 1.82) is 0 Å². The van der Waals surface area contributed by atoms with Crippen LogP contribution in [-0.2, 0) is 17.9 Å². The van der Waals surface area contributed by atoms with Crippen molar-refractivity contribution in [3.8, 4) is 0 Å². The van der Waals surface area contributed by atoms with Crippen LogP contribution in [0.3, 0.4) is 0 Å². The Morgan fingerprint density at radius 1 is 1.19 bits per heavy atom. The fourth-order valence-corrected chi connectivity index (χ4v) is 3.43. The number of hydrogen-bond donors (Lipinski definition) is 3. The van der Waals surface area contributed by atoms with Crippen LogP contribution in [0.4, 0.5) is 17.1 Å². The summed E-state index contributed by atoms with van der Waals surface area (Å²) >= 11 is 6.26. The van der Waals surface area contributed by atoms with Gasteiger partial charge >= 0.3 is 0 Å². The number of hydrogen-bond acceptors (Lipinski definition) is 8. The lowest BCUT2D eigenvalue weighted by Gasteiger charge is -2.20. The van der Waals surface area contributed by atoms with Gasteiger partial charge in [-0.15, -0.1) is 0 Å². The van der Waals surface area contributed by atoms with E-state index in [1.165, 1.54) is 0 Å². The first-order chi connectivity index (χ1) is 14.7. The zero-order chi connectivity index (χ0) is 22.7. The average Bonchev–Trinajstić information content (AvgIpc) is 3.13. The van der Waals surface area contributed by atoms with Gasteiger partial charge in [-0.3, -0.25) is 24.1 Å². The summed E-state index contributed by atoms with van der Waals surface area (Å²) in [7, 11) is 1.66. The van der Waals surface area contributed by atoms with Gasteiger partial charge in [0, 0.05) is 22.8 Å². The molecule has 0 aliphatic heterocycles. The molecular weight excluding hydrogens is 424 g/mol. The zero-order valence-corrected chi connectivity index (χ0v) is 17.7. The molecule has 0 saturated heterocycles. The first-order valence-electron chi connectivity index (χ1n) is 9.34. The van der Waals surface area contributed by atoms with E-state index in [1.54, 1.807) is 43.1 Å². The molecule has 0 spiro atoms. The summed E-state index contributed by atoms with van der Waals surface area (Å²) in [6.07, 6.45) is 0.603. The Bertz CT molecular complexity index is 1210. The molecule has 0 saturated carbocycles. The van der Waals surface area contributed by atoms with Crippen LogP contribution in [0.5, 0.6) is 0 Å². The van der Waals surface area contributed by atoms with Crippen LogP contribution in [0.25, 0.3) is 0 Å². The third kappa shape index (κ3) is 4.84. The standard InChI is InChI=1S/C21H21ClN4O5/c1-11-3-4-12(31-11)7-24-18-19(21(30)20(18)29)25-16-6-5-15(22)13(14(16)10-27)8-26(2)9-17(23)28/h3-6,10,24-25H,7-9H2,1-2H3,(H2,23,28). The Labute approximate surface area is 182 Å². The van der Waals surface area contributed by atoms with Gasteiger partial charge in [0.25, 0.3) is 10.9 Å². The fraction of sp³-hybridized carbons (Fsp3) is 0.238. The maximum atomic E-state index is 12.1. The van der Waals surface area contributed by atoms with Crippen molar-refractivity contribution >= 4 is 40.9 Å². The quantitative estimate of drug-likeness (QED) is 0.319. The maximum absolute atomic E-state index is 12.1. The molecule has 0 unspecified atom stereocenters. The van der Waals surface area contributed by atoms with Crippen molar-refractivity contribution in [1.82, 2.24) is 4.90 Å². The van der Waals surface area contributed by atoms with Gasteiger partial charge in [-0.25, -0.2) is 0 Å². The van der Waals surface area contributed by atoms with Crippen molar-refractivity contribution in [2.75, 3.05) is 24.2 Å². The lowest BCUT2D eigenvalue weighted by Crippen LogP contribution is -2.36.